The average molecular weight is 228 g/mol. The van der Waals surface area contributed by atoms with Crippen LogP contribution in [0.2, 0.25) is 5.02 Å². The summed E-state index contributed by atoms with van der Waals surface area (Å²) >= 11 is 5.76. The molecule has 0 bridgehead atoms. The number of hydroxylamine groups is 1. The molecule has 4 nitrogen and oxygen atoms in total. The van der Waals surface area contributed by atoms with Crippen LogP contribution in [0.4, 0.5) is 0 Å². The van der Waals surface area contributed by atoms with Crippen molar-refractivity contribution in [1.29, 1.82) is 0 Å². The highest BCUT2D eigenvalue weighted by atomic mass is 35.5. The lowest BCUT2D eigenvalue weighted by atomic mass is 10.2. The summed E-state index contributed by atoms with van der Waals surface area (Å²) in [6, 6.07) is 5.03. The minimum atomic E-state index is -0.605. The smallest absolute Gasteiger partial charge is 0.267 e. The van der Waals surface area contributed by atoms with E-state index in [0.717, 1.165) is 0 Å². The molecule has 0 saturated heterocycles. The Hall–Kier alpha value is -1.52. The number of carbonyl (C=O) groups excluding carboxylic acids is 1. The molecule has 0 atom stereocenters. The van der Waals surface area contributed by atoms with Gasteiger partial charge in [-0.25, -0.2) is 5.48 Å². The zero-order valence-corrected chi connectivity index (χ0v) is 8.78. The fourth-order valence-electron chi connectivity index (χ4n) is 1.03. The molecule has 0 fully saturated rings. The Morgan fingerprint density at radius 3 is 2.93 bits per heavy atom. The normalized spacial score (nSPS) is 10.3. The molecule has 0 aliphatic heterocycles. The quantitative estimate of drug-likeness (QED) is 0.471. The first kappa shape index (κ1) is 11.6. The number of halogens is 1. The van der Waals surface area contributed by atoms with Crippen LogP contribution in [-0.4, -0.2) is 18.2 Å². The van der Waals surface area contributed by atoms with E-state index in [1.807, 2.05) is 0 Å². The van der Waals surface area contributed by atoms with Crippen LogP contribution in [0.3, 0.4) is 0 Å². The zero-order chi connectivity index (χ0) is 11.3. The van der Waals surface area contributed by atoms with E-state index in [9.17, 15) is 4.79 Å². The van der Waals surface area contributed by atoms with Crippen molar-refractivity contribution in [2.24, 2.45) is 0 Å². The molecule has 0 heterocycles. The number of hydrogen-bond donors (Lipinski definition) is 2. The molecule has 15 heavy (non-hydrogen) atoms. The molecule has 0 radical (unpaired) electrons. The fourth-order valence-corrected chi connectivity index (χ4v) is 1.19. The van der Waals surface area contributed by atoms with E-state index in [2.05, 4.69) is 0 Å². The summed E-state index contributed by atoms with van der Waals surface area (Å²) in [5, 5.41) is 8.83. The van der Waals surface area contributed by atoms with E-state index in [-0.39, 0.29) is 0 Å². The first-order valence-electron chi connectivity index (χ1n) is 4.13. The number of ether oxygens (including phenoxy) is 1. The zero-order valence-electron chi connectivity index (χ0n) is 8.03. The van der Waals surface area contributed by atoms with Gasteiger partial charge < -0.3 is 4.74 Å². The van der Waals surface area contributed by atoms with Crippen molar-refractivity contribution in [1.82, 2.24) is 5.48 Å². The first-order chi connectivity index (χ1) is 7.17. The minimum Gasteiger partial charge on any atom is -0.496 e. The third kappa shape index (κ3) is 3.27. The maximum Gasteiger partial charge on any atom is 0.267 e. The van der Waals surface area contributed by atoms with Crippen LogP contribution in [-0.2, 0) is 4.79 Å². The van der Waals surface area contributed by atoms with Crippen LogP contribution < -0.4 is 10.2 Å². The Kier molecular flexibility index (Phi) is 4.15. The molecule has 0 aromatic heterocycles. The second-order valence-electron chi connectivity index (χ2n) is 2.70. The van der Waals surface area contributed by atoms with Gasteiger partial charge in [0, 0.05) is 16.7 Å². The summed E-state index contributed by atoms with van der Waals surface area (Å²) in [4.78, 5) is 10.7. The summed E-state index contributed by atoms with van der Waals surface area (Å²) in [6.07, 6.45) is 2.70. The van der Waals surface area contributed by atoms with Crippen LogP contribution in [0.5, 0.6) is 5.75 Å². The van der Waals surface area contributed by atoms with Crippen molar-refractivity contribution in [3.05, 3.63) is 34.9 Å². The molecule has 1 aromatic carbocycles. The average Bonchev–Trinajstić information content (AvgIpc) is 2.26. The van der Waals surface area contributed by atoms with E-state index in [0.29, 0.717) is 16.3 Å². The van der Waals surface area contributed by atoms with Gasteiger partial charge in [-0.3, -0.25) is 10.0 Å². The van der Waals surface area contributed by atoms with Crippen molar-refractivity contribution in [3.63, 3.8) is 0 Å². The predicted octanol–water partition coefficient (Wildman–Crippen LogP) is 1.87. The van der Waals surface area contributed by atoms with Gasteiger partial charge in [-0.2, -0.15) is 0 Å². The topological polar surface area (TPSA) is 58.6 Å². The second-order valence-corrected chi connectivity index (χ2v) is 3.13. The monoisotopic (exact) mass is 227 g/mol. The third-order valence-corrected chi connectivity index (χ3v) is 1.96. The number of amides is 1. The Labute approximate surface area is 92.1 Å². The number of hydrogen-bond acceptors (Lipinski definition) is 3. The molecule has 1 rings (SSSR count). The van der Waals surface area contributed by atoms with Gasteiger partial charge in [0.2, 0.25) is 0 Å². The molecular weight excluding hydrogens is 218 g/mol. The first-order valence-corrected chi connectivity index (χ1v) is 4.51. The Morgan fingerprint density at radius 1 is 1.60 bits per heavy atom. The van der Waals surface area contributed by atoms with Gasteiger partial charge in [0.25, 0.3) is 5.91 Å². The standard InChI is InChI=1S/C10H10ClNO3/c1-15-9-6-8(11)4-2-7(9)3-5-10(13)12-14/h2-6,14H,1H3,(H,12,13)/b5-3+. The van der Waals surface area contributed by atoms with Gasteiger partial charge in [-0.05, 0) is 24.3 Å². The largest absolute Gasteiger partial charge is 0.496 e. The van der Waals surface area contributed by atoms with E-state index in [1.54, 1.807) is 18.2 Å². The number of nitrogens with one attached hydrogen (secondary N) is 1. The molecule has 0 saturated carbocycles. The summed E-state index contributed by atoms with van der Waals surface area (Å²) in [6.45, 7) is 0. The number of benzene rings is 1. The molecule has 1 amide bonds. The van der Waals surface area contributed by atoms with E-state index in [1.165, 1.54) is 24.7 Å². The van der Waals surface area contributed by atoms with Crippen molar-refractivity contribution >= 4 is 23.6 Å². The van der Waals surface area contributed by atoms with Crippen molar-refractivity contribution in [2.45, 2.75) is 0 Å². The minimum absolute atomic E-state index is 0.551. The number of methoxy groups -OCH3 is 1. The summed E-state index contributed by atoms with van der Waals surface area (Å²) < 4.78 is 5.06. The third-order valence-electron chi connectivity index (χ3n) is 1.72. The summed E-state index contributed by atoms with van der Waals surface area (Å²) in [5.41, 5.74) is 2.19. The molecule has 1 aromatic rings. The highest BCUT2D eigenvalue weighted by Crippen LogP contribution is 2.23. The van der Waals surface area contributed by atoms with Crippen LogP contribution in [0, 0.1) is 0 Å². The molecule has 80 valence electrons. The molecule has 0 unspecified atom stereocenters. The summed E-state index contributed by atoms with van der Waals surface area (Å²) in [7, 11) is 1.51. The maximum absolute atomic E-state index is 10.7. The van der Waals surface area contributed by atoms with Gasteiger partial charge in [-0.1, -0.05) is 11.6 Å². The lowest BCUT2D eigenvalue weighted by Crippen LogP contribution is -2.14. The molecule has 0 aliphatic carbocycles. The summed E-state index contributed by atoms with van der Waals surface area (Å²) in [5.74, 6) is -0.0449. The Bertz CT molecular complexity index is 390. The SMILES string of the molecule is COc1cc(Cl)ccc1/C=C/C(=O)NO. The molecular formula is C10H10ClNO3. The van der Waals surface area contributed by atoms with E-state index in [4.69, 9.17) is 21.5 Å². The van der Waals surface area contributed by atoms with Gasteiger partial charge in [0.1, 0.15) is 5.75 Å². The van der Waals surface area contributed by atoms with Crippen molar-refractivity contribution in [3.8, 4) is 5.75 Å². The van der Waals surface area contributed by atoms with Gasteiger partial charge >= 0.3 is 0 Å². The van der Waals surface area contributed by atoms with Gasteiger partial charge in [0.15, 0.2) is 0 Å². The van der Waals surface area contributed by atoms with Crippen molar-refractivity contribution < 1.29 is 14.7 Å². The highest BCUT2D eigenvalue weighted by molar-refractivity contribution is 6.30. The molecule has 0 spiro atoms. The van der Waals surface area contributed by atoms with E-state index < -0.39 is 5.91 Å². The van der Waals surface area contributed by atoms with Crippen LogP contribution in [0.25, 0.3) is 6.08 Å². The predicted molar refractivity (Wildman–Crippen MR) is 57.0 cm³/mol. The van der Waals surface area contributed by atoms with Gasteiger partial charge in [-0.15, -0.1) is 0 Å². The second kappa shape index (κ2) is 5.38. The number of carbonyl (C=O) groups is 1. The lowest BCUT2D eigenvalue weighted by molar-refractivity contribution is -0.124. The molecule has 5 heteroatoms. The van der Waals surface area contributed by atoms with Crippen LogP contribution >= 0.6 is 11.6 Å². The van der Waals surface area contributed by atoms with Crippen LogP contribution in [0.1, 0.15) is 5.56 Å². The highest BCUT2D eigenvalue weighted by Gasteiger charge is 2.00. The van der Waals surface area contributed by atoms with Crippen LogP contribution in [0.15, 0.2) is 24.3 Å². The number of rotatable bonds is 3. The maximum atomic E-state index is 10.7. The Morgan fingerprint density at radius 2 is 2.33 bits per heavy atom. The van der Waals surface area contributed by atoms with E-state index >= 15 is 0 Å². The molecule has 2 N–H and O–H groups in total. The van der Waals surface area contributed by atoms with Crippen molar-refractivity contribution in [2.75, 3.05) is 7.11 Å². The Balaban J connectivity index is 2.94. The fraction of sp³-hybridized carbons (Fsp3) is 0.100. The molecule has 0 aliphatic rings. The lowest BCUT2D eigenvalue weighted by Gasteiger charge is -2.04. The van der Waals surface area contributed by atoms with Gasteiger partial charge in [0.05, 0.1) is 7.11 Å².